The lowest BCUT2D eigenvalue weighted by Crippen LogP contribution is -2.40. The van der Waals surface area contributed by atoms with Crippen LogP contribution in [0.4, 0.5) is 0 Å². The highest BCUT2D eigenvalue weighted by Gasteiger charge is 2.24. The Morgan fingerprint density at radius 2 is 2.11 bits per heavy atom. The summed E-state index contributed by atoms with van der Waals surface area (Å²) in [4.78, 5) is 14.2. The number of methoxy groups -OCH3 is 1. The van der Waals surface area contributed by atoms with Crippen LogP contribution in [0.1, 0.15) is 23.2 Å². The number of amides is 1. The third-order valence-corrected chi connectivity index (χ3v) is 4.54. The molecule has 5 heteroatoms. The molecule has 18 heavy (non-hydrogen) atoms. The lowest BCUT2D eigenvalue weighted by atomic mass is 10.1. The number of ether oxygens (including phenoxy) is 1. The molecule has 1 aromatic rings. The number of halogens is 2. The van der Waals surface area contributed by atoms with E-state index in [4.69, 9.17) is 16.3 Å². The van der Waals surface area contributed by atoms with Crippen molar-refractivity contribution in [1.82, 2.24) is 4.90 Å². The van der Waals surface area contributed by atoms with Crippen LogP contribution in [0.5, 0.6) is 0 Å². The van der Waals surface area contributed by atoms with E-state index < -0.39 is 0 Å². The molecule has 0 bridgehead atoms. The summed E-state index contributed by atoms with van der Waals surface area (Å²) in [6.45, 7) is 1.44. The zero-order chi connectivity index (χ0) is 13.1. The zero-order valence-electron chi connectivity index (χ0n) is 10.2. The first kappa shape index (κ1) is 13.8. The van der Waals surface area contributed by atoms with E-state index in [1.165, 1.54) is 0 Å². The molecule has 0 saturated carbocycles. The average molecular weight is 333 g/mol. The minimum absolute atomic E-state index is 0.00384. The fourth-order valence-corrected chi connectivity index (χ4v) is 2.71. The van der Waals surface area contributed by atoms with E-state index in [0.717, 1.165) is 30.4 Å². The number of piperidine rings is 1. The standard InChI is InChI=1S/C13H15BrClNO2/c1-18-9-5-7-16(8-6-9)13(17)10-3-2-4-11(14)12(10)15/h2-4,9H,5-8H2,1H3. The van der Waals surface area contributed by atoms with Crippen molar-refractivity contribution in [2.24, 2.45) is 0 Å². The van der Waals surface area contributed by atoms with Crippen LogP contribution in [-0.2, 0) is 4.74 Å². The number of nitrogens with zero attached hydrogens (tertiary/aromatic N) is 1. The highest BCUT2D eigenvalue weighted by molar-refractivity contribution is 9.10. The van der Waals surface area contributed by atoms with Gasteiger partial charge in [-0.2, -0.15) is 0 Å². The normalized spacial score (nSPS) is 16.9. The van der Waals surface area contributed by atoms with Gasteiger partial charge in [0.1, 0.15) is 0 Å². The number of likely N-dealkylation sites (tertiary alicyclic amines) is 1. The van der Waals surface area contributed by atoms with Crippen molar-refractivity contribution in [2.45, 2.75) is 18.9 Å². The summed E-state index contributed by atoms with van der Waals surface area (Å²) in [6, 6.07) is 5.42. The van der Waals surface area contributed by atoms with Crippen molar-refractivity contribution in [2.75, 3.05) is 20.2 Å². The van der Waals surface area contributed by atoms with Crippen LogP contribution in [0, 0.1) is 0 Å². The van der Waals surface area contributed by atoms with E-state index in [0.29, 0.717) is 10.6 Å². The van der Waals surface area contributed by atoms with Crippen molar-refractivity contribution in [3.05, 3.63) is 33.3 Å². The van der Waals surface area contributed by atoms with Gasteiger partial charge in [-0.05, 0) is 40.9 Å². The van der Waals surface area contributed by atoms with E-state index >= 15 is 0 Å². The van der Waals surface area contributed by atoms with Crippen LogP contribution in [-0.4, -0.2) is 37.1 Å². The predicted molar refractivity (Wildman–Crippen MR) is 75.1 cm³/mol. The van der Waals surface area contributed by atoms with Gasteiger partial charge < -0.3 is 9.64 Å². The van der Waals surface area contributed by atoms with Gasteiger partial charge in [0.25, 0.3) is 5.91 Å². The highest BCUT2D eigenvalue weighted by atomic mass is 79.9. The van der Waals surface area contributed by atoms with Gasteiger partial charge in [0.05, 0.1) is 16.7 Å². The zero-order valence-corrected chi connectivity index (χ0v) is 12.5. The Hall–Kier alpha value is -0.580. The van der Waals surface area contributed by atoms with Gasteiger partial charge in [-0.25, -0.2) is 0 Å². The Morgan fingerprint density at radius 1 is 1.44 bits per heavy atom. The fourth-order valence-electron chi connectivity index (χ4n) is 2.13. The molecule has 2 rings (SSSR count). The molecular formula is C13H15BrClNO2. The number of hydrogen-bond acceptors (Lipinski definition) is 2. The third kappa shape index (κ3) is 2.87. The number of rotatable bonds is 2. The molecule has 0 unspecified atom stereocenters. The molecular weight excluding hydrogens is 318 g/mol. The predicted octanol–water partition coefficient (Wildman–Crippen LogP) is 3.35. The fraction of sp³-hybridized carbons (Fsp3) is 0.462. The summed E-state index contributed by atoms with van der Waals surface area (Å²) in [5.74, 6) is -0.00384. The van der Waals surface area contributed by atoms with E-state index in [9.17, 15) is 4.79 Å². The van der Waals surface area contributed by atoms with E-state index in [1.807, 2.05) is 17.0 Å². The van der Waals surface area contributed by atoms with Gasteiger partial charge in [0, 0.05) is 24.7 Å². The average Bonchev–Trinajstić information content (AvgIpc) is 2.41. The van der Waals surface area contributed by atoms with Gasteiger partial charge >= 0.3 is 0 Å². The summed E-state index contributed by atoms with van der Waals surface area (Å²) in [5.41, 5.74) is 0.557. The van der Waals surface area contributed by atoms with Crippen molar-refractivity contribution in [3.8, 4) is 0 Å². The topological polar surface area (TPSA) is 29.5 Å². The Bertz CT molecular complexity index is 445. The Labute approximate surface area is 120 Å². The van der Waals surface area contributed by atoms with Gasteiger partial charge in [-0.1, -0.05) is 17.7 Å². The minimum Gasteiger partial charge on any atom is -0.381 e. The second kappa shape index (κ2) is 6.04. The number of hydrogen-bond donors (Lipinski definition) is 0. The first-order chi connectivity index (χ1) is 8.63. The van der Waals surface area contributed by atoms with Crippen LogP contribution in [0.25, 0.3) is 0 Å². The molecule has 1 amide bonds. The van der Waals surface area contributed by atoms with Crippen molar-refractivity contribution < 1.29 is 9.53 Å². The maximum atomic E-state index is 12.3. The lowest BCUT2D eigenvalue weighted by molar-refractivity contribution is 0.0351. The van der Waals surface area contributed by atoms with E-state index in [-0.39, 0.29) is 12.0 Å². The molecule has 1 heterocycles. The maximum Gasteiger partial charge on any atom is 0.255 e. The van der Waals surface area contributed by atoms with Crippen LogP contribution in [0.15, 0.2) is 22.7 Å². The van der Waals surface area contributed by atoms with E-state index in [2.05, 4.69) is 15.9 Å². The number of carbonyl (C=O) groups is 1. The Morgan fingerprint density at radius 3 is 2.72 bits per heavy atom. The highest BCUT2D eigenvalue weighted by Crippen LogP contribution is 2.27. The summed E-state index contributed by atoms with van der Waals surface area (Å²) in [6.07, 6.45) is 2.04. The van der Waals surface area contributed by atoms with Crippen molar-refractivity contribution in [3.63, 3.8) is 0 Å². The number of benzene rings is 1. The van der Waals surface area contributed by atoms with Crippen LogP contribution in [0.2, 0.25) is 5.02 Å². The molecule has 98 valence electrons. The molecule has 0 aliphatic carbocycles. The van der Waals surface area contributed by atoms with Gasteiger partial charge in [0.15, 0.2) is 0 Å². The maximum absolute atomic E-state index is 12.3. The first-order valence-corrected chi connectivity index (χ1v) is 7.06. The molecule has 0 spiro atoms. The molecule has 0 aromatic heterocycles. The first-order valence-electron chi connectivity index (χ1n) is 5.89. The summed E-state index contributed by atoms with van der Waals surface area (Å²) in [7, 11) is 1.72. The van der Waals surface area contributed by atoms with Crippen molar-refractivity contribution in [1.29, 1.82) is 0 Å². The van der Waals surface area contributed by atoms with Crippen molar-refractivity contribution >= 4 is 33.4 Å². The third-order valence-electron chi connectivity index (χ3n) is 3.24. The second-order valence-corrected chi connectivity index (χ2v) is 5.56. The van der Waals surface area contributed by atoms with Crippen LogP contribution < -0.4 is 0 Å². The summed E-state index contributed by atoms with van der Waals surface area (Å²) >= 11 is 9.48. The molecule has 1 aliphatic rings. The monoisotopic (exact) mass is 331 g/mol. The molecule has 0 atom stereocenters. The largest absolute Gasteiger partial charge is 0.381 e. The summed E-state index contributed by atoms with van der Waals surface area (Å²) in [5, 5.41) is 0.483. The second-order valence-electron chi connectivity index (χ2n) is 4.33. The number of carbonyl (C=O) groups excluding carboxylic acids is 1. The molecule has 1 fully saturated rings. The Balaban J connectivity index is 2.10. The van der Waals surface area contributed by atoms with Crippen LogP contribution >= 0.6 is 27.5 Å². The molecule has 0 radical (unpaired) electrons. The summed E-state index contributed by atoms with van der Waals surface area (Å²) < 4.78 is 6.05. The minimum atomic E-state index is -0.00384. The molecule has 1 aliphatic heterocycles. The SMILES string of the molecule is COC1CCN(C(=O)c2cccc(Br)c2Cl)CC1. The molecule has 1 aromatic carbocycles. The lowest BCUT2D eigenvalue weighted by Gasteiger charge is -2.31. The van der Waals surface area contributed by atoms with Crippen LogP contribution in [0.3, 0.4) is 0 Å². The van der Waals surface area contributed by atoms with Gasteiger partial charge in [-0.3, -0.25) is 4.79 Å². The molecule has 1 saturated heterocycles. The van der Waals surface area contributed by atoms with E-state index in [1.54, 1.807) is 13.2 Å². The van der Waals surface area contributed by atoms with Gasteiger partial charge in [0.2, 0.25) is 0 Å². The van der Waals surface area contributed by atoms with Gasteiger partial charge in [-0.15, -0.1) is 0 Å². The smallest absolute Gasteiger partial charge is 0.255 e. The quantitative estimate of drug-likeness (QED) is 0.831. The Kier molecular flexibility index (Phi) is 4.65. The molecule has 0 N–H and O–H groups in total. The molecule has 3 nitrogen and oxygen atoms in total.